The molecule has 5 rings (SSSR count). The molecule has 39 heavy (non-hydrogen) atoms. The molecule has 1 amide bonds. The van der Waals surface area contributed by atoms with E-state index in [9.17, 15) is 4.79 Å². The fourth-order valence-corrected chi connectivity index (χ4v) is 4.57. The molecule has 202 valence electrons. The molecule has 0 saturated carbocycles. The van der Waals surface area contributed by atoms with E-state index >= 15 is 0 Å². The lowest BCUT2D eigenvalue weighted by molar-refractivity contribution is 0.0963. The summed E-state index contributed by atoms with van der Waals surface area (Å²) in [6, 6.07) is 18.4. The number of carbonyl (C=O) groups excluding carboxylic acids is 1. The molecular formula is C30H33N5O4. The fourth-order valence-electron chi connectivity index (χ4n) is 4.57. The van der Waals surface area contributed by atoms with Crippen molar-refractivity contribution in [2.75, 3.05) is 46.2 Å². The van der Waals surface area contributed by atoms with Gasteiger partial charge in [0, 0.05) is 29.8 Å². The minimum atomic E-state index is -0.136. The molecule has 1 fully saturated rings. The third-order valence-electron chi connectivity index (χ3n) is 6.93. The summed E-state index contributed by atoms with van der Waals surface area (Å²) in [7, 11) is 5.41. The Balaban J connectivity index is 1.27. The molecule has 4 aromatic rings. The highest BCUT2D eigenvalue weighted by atomic mass is 16.5. The largest absolute Gasteiger partial charge is 0.493 e. The highest BCUT2D eigenvalue weighted by Crippen LogP contribution is 2.35. The van der Waals surface area contributed by atoms with Crippen molar-refractivity contribution in [3.05, 3.63) is 72.6 Å². The zero-order chi connectivity index (χ0) is 27.2. The van der Waals surface area contributed by atoms with Crippen LogP contribution in [0.4, 0.5) is 11.5 Å². The lowest BCUT2D eigenvalue weighted by Gasteiger charge is -2.28. The lowest BCUT2D eigenvalue weighted by Crippen LogP contribution is -2.32. The number of rotatable bonds is 9. The standard InChI is InChI=1S/C30H33N5O4/c1-31-30(36)21-4-8-23(9-5-21)39-24-10-6-22(7-11-24)34-29-25-16-27(37-3)28(17-26(25)32-19-33-29)38-18-20-12-14-35(2)15-13-20/h4-11,16-17,19-20H,12-15,18H2,1-3H3,(H,31,36)(H,32,33,34). The first-order valence-corrected chi connectivity index (χ1v) is 13.0. The minimum Gasteiger partial charge on any atom is -0.493 e. The number of carbonyl (C=O) groups is 1. The van der Waals surface area contributed by atoms with E-state index in [0.29, 0.717) is 46.9 Å². The van der Waals surface area contributed by atoms with Crippen molar-refractivity contribution >= 4 is 28.3 Å². The Morgan fingerprint density at radius 2 is 1.67 bits per heavy atom. The van der Waals surface area contributed by atoms with E-state index in [1.165, 1.54) is 6.33 Å². The van der Waals surface area contributed by atoms with Crippen molar-refractivity contribution in [2.24, 2.45) is 5.92 Å². The van der Waals surface area contributed by atoms with Gasteiger partial charge in [0.1, 0.15) is 23.6 Å². The highest BCUT2D eigenvalue weighted by molar-refractivity contribution is 5.94. The quantitative estimate of drug-likeness (QED) is 0.304. The topological polar surface area (TPSA) is 97.8 Å². The normalized spacial score (nSPS) is 14.1. The molecule has 0 spiro atoms. The van der Waals surface area contributed by atoms with E-state index in [2.05, 4.69) is 32.5 Å². The van der Waals surface area contributed by atoms with Gasteiger partial charge in [0.15, 0.2) is 11.5 Å². The molecule has 0 radical (unpaired) electrons. The summed E-state index contributed by atoms with van der Waals surface area (Å²) in [5, 5.41) is 6.81. The number of nitrogens with zero attached hydrogens (tertiary/aromatic N) is 3. The lowest BCUT2D eigenvalue weighted by atomic mass is 9.98. The molecule has 9 nitrogen and oxygen atoms in total. The maximum Gasteiger partial charge on any atom is 0.251 e. The summed E-state index contributed by atoms with van der Waals surface area (Å²) < 4.78 is 17.8. The van der Waals surface area contributed by atoms with Gasteiger partial charge < -0.3 is 29.7 Å². The number of benzene rings is 3. The van der Waals surface area contributed by atoms with Crippen molar-refractivity contribution in [1.82, 2.24) is 20.2 Å². The third kappa shape index (κ3) is 6.38. The van der Waals surface area contributed by atoms with Crippen LogP contribution in [0.15, 0.2) is 67.0 Å². The van der Waals surface area contributed by atoms with Gasteiger partial charge in [0.05, 0.1) is 19.2 Å². The van der Waals surface area contributed by atoms with Crippen LogP contribution in [0, 0.1) is 5.92 Å². The molecule has 2 heterocycles. The molecule has 1 aromatic heterocycles. The van der Waals surface area contributed by atoms with Gasteiger partial charge in [-0.2, -0.15) is 0 Å². The second-order valence-corrected chi connectivity index (χ2v) is 9.66. The molecular weight excluding hydrogens is 494 g/mol. The van der Waals surface area contributed by atoms with Crippen LogP contribution in [-0.2, 0) is 0 Å². The van der Waals surface area contributed by atoms with Crippen LogP contribution in [-0.4, -0.2) is 61.7 Å². The number of ether oxygens (including phenoxy) is 3. The third-order valence-corrected chi connectivity index (χ3v) is 6.93. The zero-order valence-electron chi connectivity index (χ0n) is 22.4. The maximum absolute atomic E-state index is 11.7. The maximum atomic E-state index is 11.7. The van der Waals surface area contributed by atoms with Crippen molar-refractivity contribution in [3.8, 4) is 23.0 Å². The van der Waals surface area contributed by atoms with Crippen LogP contribution < -0.4 is 24.8 Å². The average Bonchev–Trinajstić information content (AvgIpc) is 2.97. The molecule has 0 aliphatic carbocycles. The fraction of sp³-hybridized carbons (Fsp3) is 0.300. The first-order chi connectivity index (χ1) is 19.0. The second-order valence-electron chi connectivity index (χ2n) is 9.66. The Bertz CT molecular complexity index is 1420. The SMILES string of the molecule is CNC(=O)c1ccc(Oc2ccc(Nc3ncnc4cc(OCC5CCN(C)CC5)c(OC)cc34)cc2)cc1. The Morgan fingerprint density at radius 3 is 2.33 bits per heavy atom. The van der Waals surface area contributed by atoms with E-state index in [-0.39, 0.29) is 5.91 Å². The number of piperidine rings is 1. The first kappa shape index (κ1) is 26.2. The number of aromatic nitrogens is 2. The number of fused-ring (bicyclic) bond motifs is 1. The number of likely N-dealkylation sites (tertiary alicyclic amines) is 1. The summed E-state index contributed by atoms with van der Waals surface area (Å²) >= 11 is 0. The minimum absolute atomic E-state index is 0.136. The van der Waals surface area contributed by atoms with E-state index in [1.807, 2.05) is 36.4 Å². The van der Waals surface area contributed by atoms with Crippen molar-refractivity contribution in [2.45, 2.75) is 12.8 Å². The molecule has 1 saturated heterocycles. The number of nitrogens with one attached hydrogen (secondary N) is 2. The summed E-state index contributed by atoms with van der Waals surface area (Å²) in [6.07, 6.45) is 3.81. The van der Waals surface area contributed by atoms with Crippen LogP contribution in [0.25, 0.3) is 10.9 Å². The van der Waals surface area contributed by atoms with Crippen molar-refractivity contribution < 1.29 is 19.0 Å². The molecule has 0 bridgehead atoms. The molecule has 1 aliphatic heterocycles. The van der Waals surface area contributed by atoms with E-state index in [4.69, 9.17) is 14.2 Å². The van der Waals surface area contributed by atoms with Gasteiger partial charge in [-0.05, 0) is 93.5 Å². The van der Waals surface area contributed by atoms with Gasteiger partial charge in [-0.25, -0.2) is 9.97 Å². The number of hydrogen-bond donors (Lipinski definition) is 2. The number of hydrogen-bond acceptors (Lipinski definition) is 8. The van der Waals surface area contributed by atoms with Crippen LogP contribution in [0.1, 0.15) is 23.2 Å². The van der Waals surface area contributed by atoms with E-state index < -0.39 is 0 Å². The molecule has 0 atom stereocenters. The summed E-state index contributed by atoms with van der Waals surface area (Å²) in [5.41, 5.74) is 2.19. The highest BCUT2D eigenvalue weighted by Gasteiger charge is 2.19. The van der Waals surface area contributed by atoms with Crippen molar-refractivity contribution in [1.29, 1.82) is 0 Å². The van der Waals surface area contributed by atoms with Gasteiger partial charge in [-0.1, -0.05) is 0 Å². The molecule has 1 aliphatic rings. The predicted octanol–water partition coefficient (Wildman–Crippen LogP) is 5.25. The average molecular weight is 528 g/mol. The van der Waals surface area contributed by atoms with Gasteiger partial charge in [-0.15, -0.1) is 0 Å². The monoisotopic (exact) mass is 527 g/mol. The van der Waals surface area contributed by atoms with Crippen LogP contribution in [0.2, 0.25) is 0 Å². The molecule has 2 N–H and O–H groups in total. The predicted molar refractivity (Wildman–Crippen MR) is 151 cm³/mol. The van der Waals surface area contributed by atoms with Crippen molar-refractivity contribution in [3.63, 3.8) is 0 Å². The number of amides is 1. The Kier molecular flexibility index (Phi) is 8.07. The second kappa shape index (κ2) is 12.0. The van der Waals surface area contributed by atoms with Gasteiger partial charge in [-0.3, -0.25) is 4.79 Å². The summed E-state index contributed by atoms with van der Waals surface area (Å²) in [6.45, 7) is 2.87. The van der Waals surface area contributed by atoms with Crippen LogP contribution >= 0.6 is 0 Å². The van der Waals surface area contributed by atoms with Crippen LogP contribution in [0.3, 0.4) is 0 Å². The van der Waals surface area contributed by atoms with E-state index in [0.717, 1.165) is 42.5 Å². The smallest absolute Gasteiger partial charge is 0.251 e. The Morgan fingerprint density at radius 1 is 0.974 bits per heavy atom. The zero-order valence-corrected chi connectivity index (χ0v) is 22.4. The Hall–Kier alpha value is -4.37. The molecule has 3 aromatic carbocycles. The molecule has 9 heteroatoms. The number of anilines is 2. The Labute approximate surface area is 228 Å². The van der Waals surface area contributed by atoms with Gasteiger partial charge >= 0.3 is 0 Å². The van der Waals surface area contributed by atoms with E-state index in [1.54, 1.807) is 38.4 Å². The number of methoxy groups -OCH3 is 1. The summed E-state index contributed by atoms with van der Waals surface area (Å²) in [5.74, 6) is 3.73. The van der Waals surface area contributed by atoms with Crippen LogP contribution in [0.5, 0.6) is 23.0 Å². The summed E-state index contributed by atoms with van der Waals surface area (Å²) in [4.78, 5) is 23.0. The molecule has 0 unspecified atom stereocenters. The first-order valence-electron chi connectivity index (χ1n) is 13.0. The van der Waals surface area contributed by atoms with Gasteiger partial charge in [0.25, 0.3) is 5.91 Å². The van der Waals surface area contributed by atoms with Gasteiger partial charge in [0.2, 0.25) is 0 Å².